The summed E-state index contributed by atoms with van der Waals surface area (Å²) >= 11 is 1.25. The molecule has 16 heavy (non-hydrogen) atoms. The summed E-state index contributed by atoms with van der Waals surface area (Å²) in [6.07, 6.45) is 1.23. The molecule has 0 aliphatic carbocycles. The molecule has 0 aliphatic rings. The van der Waals surface area contributed by atoms with Gasteiger partial charge in [-0.25, -0.2) is 4.98 Å². The molecule has 0 fully saturated rings. The number of pyridine rings is 1. The van der Waals surface area contributed by atoms with Crippen LogP contribution < -0.4 is 5.32 Å². The van der Waals surface area contributed by atoms with Crippen LogP contribution in [0.25, 0.3) is 0 Å². The van der Waals surface area contributed by atoms with Crippen LogP contribution in [0.4, 0.5) is 9.52 Å². The Labute approximate surface area is 94.4 Å². The Hall–Kier alpha value is -1.89. The van der Waals surface area contributed by atoms with E-state index in [1.165, 1.54) is 23.6 Å². The first kappa shape index (κ1) is 10.6. The number of hydrogen-bond donors (Lipinski definition) is 1. The van der Waals surface area contributed by atoms with Gasteiger partial charge in [0, 0.05) is 17.8 Å². The van der Waals surface area contributed by atoms with Gasteiger partial charge in [-0.05, 0) is 13.0 Å². The van der Waals surface area contributed by atoms with E-state index in [1.54, 1.807) is 6.92 Å². The van der Waals surface area contributed by atoms with E-state index in [0.717, 1.165) is 11.1 Å². The van der Waals surface area contributed by atoms with Crippen molar-refractivity contribution < 1.29 is 9.18 Å². The Balaban J connectivity index is 2.14. The summed E-state index contributed by atoms with van der Waals surface area (Å²) in [6.45, 7) is 1.78. The van der Waals surface area contributed by atoms with Crippen LogP contribution in [0.5, 0.6) is 0 Å². The Bertz CT molecular complexity index is 528. The topological polar surface area (TPSA) is 67.8 Å². The third-order valence-electron chi connectivity index (χ3n) is 1.74. The van der Waals surface area contributed by atoms with Crippen LogP contribution in [0, 0.1) is 12.9 Å². The molecule has 2 aromatic rings. The van der Waals surface area contributed by atoms with Crippen molar-refractivity contribution in [3.8, 4) is 0 Å². The quantitative estimate of drug-likeness (QED) is 0.807. The van der Waals surface area contributed by atoms with E-state index in [4.69, 9.17) is 0 Å². The van der Waals surface area contributed by atoms with Crippen LogP contribution in [-0.4, -0.2) is 21.1 Å². The fourth-order valence-electron chi connectivity index (χ4n) is 1.06. The second kappa shape index (κ2) is 4.31. The van der Waals surface area contributed by atoms with Crippen molar-refractivity contribution in [2.24, 2.45) is 0 Å². The van der Waals surface area contributed by atoms with E-state index in [9.17, 15) is 9.18 Å². The summed E-state index contributed by atoms with van der Waals surface area (Å²) in [5.41, 5.74) is 0.195. The number of aromatic nitrogens is 3. The van der Waals surface area contributed by atoms with Crippen molar-refractivity contribution in [3.63, 3.8) is 0 Å². The number of carbonyl (C=O) groups is 1. The van der Waals surface area contributed by atoms with Gasteiger partial charge in [0.1, 0.15) is 5.01 Å². The molecule has 82 valence electrons. The minimum absolute atomic E-state index is 0.195. The van der Waals surface area contributed by atoms with Crippen LogP contribution in [0.3, 0.4) is 0 Å². The van der Waals surface area contributed by atoms with E-state index in [2.05, 4.69) is 20.5 Å². The molecule has 2 heterocycles. The number of hydrogen-bond acceptors (Lipinski definition) is 5. The zero-order chi connectivity index (χ0) is 11.5. The zero-order valence-electron chi connectivity index (χ0n) is 8.27. The Kier molecular flexibility index (Phi) is 2.86. The van der Waals surface area contributed by atoms with E-state index in [0.29, 0.717) is 5.13 Å². The van der Waals surface area contributed by atoms with Crippen LogP contribution >= 0.6 is 11.3 Å². The van der Waals surface area contributed by atoms with Crippen molar-refractivity contribution in [2.45, 2.75) is 6.92 Å². The summed E-state index contributed by atoms with van der Waals surface area (Å²) in [6, 6.07) is 2.48. The molecule has 2 aromatic heterocycles. The van der Waals surface area contributed by atoms with Crippen LogP contribution in [0.2, 0.25) is 0 Å². The lowest BCUT2D eigenvalue weighted by molar-refractivity contribution is 0.102. The minimum Gasteiger partial charge on any atom is -0.296 e. The molecule has 0 saturated heterocycles. The molecular formula is C9H7FN4OS. The highest BCUT2D eigenvalue weighted by Gasteiger charge is 2.09. The van der Waals surface area contributed by atoms with Gasteiger partial charge >= 0.3 is 0 Å². The number of nitrogens with zero attached hydrogens (tertiary/aromatic N) is 3. The average molecular weight is 238 g/mol. The van der Waals surface area contributed by atoms with Crippen molar-refractivity contribution in [3.05, 3.63) is 34.8 Å². The third kappa shape index (κ3) is 2.37. The van der Waals surface area contributed by atoms with E-state index < -0.39 is 11.9 Å². The molecule has 0 radical (unpaired) electrons. The smallest absolute Gasteiger partial charge is 0.257 e. The Morgan fingerprint density at radius 3 is 2.94 bits per heavy atom. The van der Waals surface area contributed by atoms with Gasteiger partial charge in [-0.15, -0.1) is 10.2 Å². The van der Waals surface area contributed by atoms with E-state index in [-0.39, 0.29) is 5.56 Å². The third-order valence-corrected chi connectivity index (χ3v) is 2.49. The Morgan fingerprint density at radius 2 is 2.31 bits per heavy atom. The monoisotopic (exact) mass is 238 g/mol. The van der Waals surface area contributed by atoms with E-state index in [1.807, 2.05) is 0 Å². The number of anilines is 1. The Morgan fingerprint density at radius 1 is 1.50 bits per heavy atom. The highest BCUT2D eigenvalue weighted by molar-refractivity contribution is 7.15. The van der Waals surface area contributed by atoms with Gasteiger partial charge in [0.2, 0.25) is 11.1 Å². The molecule has 2 rings (SSSR count). The summed E-state index contributed by atoms with van der Waals surface area (Å²) < 4.78 is 12.8. The van der Waals surface area contributed by atoms with E-state index >= 15 is 0 Å². The van der Waals surface area contributed by atoms with Gasteiger partial charge in [-0.2, -0.15) is 4.39 Å². The van der Waals surface area contributed by atoms with Crippen LogP contribution in [0.1, 0.15) is 15.4 Å². The highest BCUT2D eigenvalue weighted by atomic mass is 32.1. The molecule has 0 aromatic carbocycles. The van der Waals surface area contributed by atoms with Crippen LogP contribution in [-0.2, 0) is 0 Å². The molecule has 0 atom stereocenters. The second-order valence-electron chi connectivity index (χ2n) is 2.95. The van der Waals surface area contributed by atoms with Gasteiger partial charge in [0.25, 0.3) is 5.91 Å². The maximum atomic E-state index is 12.8. The predicted molar refractivity (Wildman–Crippen MR) is 56.8 cm³/mol. The molecule has 5 nitrogen and oxygen atoms in total. The number of rotatable bonds is 2. The number of nitrogens with one attached hydrogen (secondary N) is 1. The fourth-order valence-corrected chi connectivity index (χ4v) is 1.65. The lowest BCUT2D eigenvalue weighted by atomic mass is 10.2. The molecule has 0 unspecified atom stereocenters. The number of amides is 1. The maximum absolute atomic E-state index is 12.8. The minimum atomic E-state index is -0.693. The lowest BCUT2D eigenvalue weighted by Gasteiger charge is -1.99. The molecule has 1 N–H and O–H groups in total. The molecule has 1 amide bonds. The lowest BCUT2D eigenvalue weighted by Crippen LogP contribution is -2.12. The number of aryl methyl sites for hydroxylation is 1. The number of carbonyl (C=O) groups excluding carboxylic acids is 1. The predicted octanol–water partition coefficient (Wildman–Crippen LogP) is 1.63. The normalized spacial score (nSPS) is 10.1. The summed E-state index contributed by atoms with van der Waals surface area (Å²) in [7, 11) is 0. The largest absolute Gasteiger partial charge is 0.296 e. The van der Waals surface area contributed by atoms with Gasteiger partial charge in [-0.1, -0.05) is 11.3 Å². The van der Waals surface area contributed by atoms with Crippen molar-refractivity contribution in [1.29, 1.82) is 0 Å². The average Bonchev–Trinajstić information content (AvgIpc) is 2.64. The molecule has 7 heteroatoms. The fraction of sp³-hybridized carbons (Fsp3) is 0.111. The summed E-state index contributed by atoms with van der Waals surface area (Å²) in [5.74, 6) is -1.13. The molecule has 0 saturated carbocycles. The van der Waals surface area contributed by atoms with Crippen molar-refractivity contribution in [1.82, 2.24) is 15.2 Å². The van der Waals surface area contributed by atoms with Gasteiger partial charge in [0.15, 0.2) is 0 Å². The highest BCUT2D eigenvalue weighted by Crippen LogP contribution is 2.14. The van der Waals surface area contributed by atoms with Crippen molar-refractivity contribution >= 4 is 22.4 Å². The summed E-state index contributed by atoms with van der Waals surface area (Å²) in [4.78, 5) is 15.0. The van der Waals surface area contributed by atoms with Crippen LogP contribution in [0.15, 0.2) is 18.3 Å². The maximum Gasteiger partial charge on any atom is 0.257 e. The summed E-state index contributed by atoms with van der Waals surface area (Å²) in [5, 5.41) is 11.1. The van der Waals surface area contributed by atoms with Crippen molar-refractivity contribution in [2.75, 3.05) is 5.32 Å². The van der Waals surface area contributed by atoms with Gasteiger partial charge in [-0.3, -0.25) is 10.1 Å². The molecule has 0 bridgehead atoms. The second-order valence-corrected chi connectivity index (χ2v) is 4.13. The van der Waals surface area contributed by atoms with Gasteiger partial charge < -0.3 is 0 Å². The standard InChI is InChI=1S/C9H7FN4OS/c1-5-13-14-9(16-5)12-8(15)6-2-3-11-7(10)4-6/h2-4H,1H3,(H,12,14,15). The molecule has 0 aliphatic heterocycles. The first-order valence-corrected chi connectivity index (χ1v) is 5.20. The molecular weight excluding hydrogens is 231 g/mol. The van der Waals surface area contributed by atoms with Gasteiger partial charge in [0.05, 0.1) is 0 Å². The zero-order valence-corrected chi connectivity index (χ0v) is 9.08. The molecule has 0 spiro atoms. The first-order valence-electron chi connectivity index (χ1n) is 4.38. The first-order chi connectivity index (χ1) is 7.65. The SMILES string of the molecule is Cc1nnc(NC(=O)c2ccnc(F)c2)s1. The number of halogens is 1.